The van der Waals surface area contributed by atoms with Gasteiger partial charge in [-0.15, -0.1) is 0 Å². The zero-order chi connectivity index (χ0) is 28.6. The molecule has 9 heteroatoms. The fraction of sp³-hybridized carbons (Fsp3) is 0.267. The highest BCUT2D eigenvalue weighted by molar-refractivity contribution is 7.80. The number of nitrogens with one attached hydrogen (secondary N) is 4. The van der Waals surface area contributed by atoms with E-state index in [-0.39, 0.29) is 22.5 Å². The largest absolute Gasteiger partial charge is 0.491 e. The lowest BCUT2D eigenvalue weighted by Gasteiger charge is -2.19. The number of hydrogen-bond donors (Lipinski definition) is 4. The summed E-state index contributed by atoms with van der Waals surface area (Å²) >= 11 is 5.13. The Bertz CT molecular complexity index is 1330. The summed E-state index contributed by atoms with van der Waals surface area (Å²) in [4.78, 5) is 37.6. The molecule has 0 saturated carbocycles. The third-order valence-corrected chi connectivity index (χ3v) is 6.15. The van der Waals surface area contributed by atoms with Crippen molar-refractivity contribution in [2.75, 3.05) is 5.32 Å². The first kappa shape index (κ1) is 29.3. The van der Waals surface area contributed by atoms with Gasteiger partial charge in [0.25, 0.3) is 17.7 Å². The minimum Gasteiger partial charge on any atom is -0.491 e. The second-order valence-electron chi connectivity index (χ2n) is 10.1. The molecule has 0 aliphatic rings. The number of hydrogen-bond acceptors (Lipinski definition) is 5. The van der Waals surface area contributed by atoms with E-state index in [9.17, 15) is 14.4 Å². The summed E-state index contributed by atoms with van der Waals surface area (Å²) in [5, 5.41) is 5.28. The number of thiocarbonyl (C=S) groups is 1. The van der Waals surface area contributed by atoms with Crippen molar-refractivity contribution in [3.05, 3.63) is 95.1 Å². The quantitative estimate of drug-likeness (QED) is 0.235. The summed E-state index contributed by atoms with van der Waals surface area (Å²) in [5.74, 6) is -0.565. The highest BCUT2D eigenvalue weighted by atomic mass is 32.1. The molecule has 204 valence electrons. The molecule has 3 aromatic rings. The van der Waals surface area contributed by atoms with Gasteiger partial charge in [-0.3, -0.25) is 30.6 Å². The molecule has 0 bridgehead atoms. The first-order valence-corrected chi connectivity index (χ1v) is 13.1. The molecule has 4 N–H and O–H groups in total. The van der Waals surface area contributed by atoms with E-state index in [1.54, 1.807) is 60.7 Å². The Hall–Kier alpha value is -4.24. The maximum Gasteiger partial charge on any atom is 0.269 e. The maximum atomic E-state index is 12.6. The number of carbonyl (C=O) groups is 3. The minimum atomic E-state index is -0.466. The van der Waals surface area contributed by atoms with Crippen LogP contribution in [0.4, 0.5) is 5.69 Å². The van der Waals surface area contributed by atoms with E-state index in [0.717, 1.165) is 12.0 Å². The molecule has 8 nitrogen and oxygen atoms in total. The number of benzene rings is 3. The summed E-state index contributed by atoms with van der Waals surface area (Å²) in [6, 6.07) is 20.6. The van der Waals surface area contributed by atoms with E-state index in [0.29, 0.717) is 28.1 Å². The van der Waals surface area contributed by atoms with E-state index >= 15 is 0 Å². The fourth-order valence-electron chi connectivity index (χ4n) is 3.45. The van der Waals surface area contributed by atoms with Gasteiger partial charge in [-0.2, -0.15) is 0 Å². The Labute approximate surface area is 234 Å². The molecule has 0 radical (unpaired) electrons. The van der Waals surface area contributed by atoms with Crippen molar-refractivity contribution in [1.82, 2.24) is 16.2 Å². The van der Waals surface area contributed by atoms with Gasteiger partial charge in [0.15, 0.2) is 5.11 Å². The van der Waals surface area contributed by atoms with E-state index in [4.69, 9.17) is 17.0 Å². The van der Waals surface area contributed by atoms with Gasteiger partial charge in [0.05, 0.1) is 6.10 Å². The third kappa shape index (κ3) is 8.65. The molecule has 1 atom stereocenters. The standard InChI is InChI=1S/C30H34N4O4S/c1-6-19(2)38-25-9-7-8-22(18-25)27(36)32-29(39)34-33-28(37)21-12-16-24(17-13-21)31-26(35)20-10-14-23(15-11-20)30(3,4)5/h7-19H,6H2,1-5H3,(H,31,35)(H,33,37)(H2,32,34,36,39). The van der Waals surface area contributed by atoms with Crippen LogP contribution in [0.2, 0.25) is 0 Å². The van der Waals surface area contributed by atoms with Crippen molar-refractivity contribution in [2.45, 2.75) is 52.6 Å². The predicted molar refractivity (Wildman–Crippen MR) is 157 cm³/mol. The first-order valence-electron chi connectivity index (χ1n) is 12.7. The minimum absolute atomic E-state index is 0.00377. The van der Waals surface area contributed by atoms with Gasteiger partial charge in [0.1, 0.15) is 5.75 Å². The van der Waals surface area contributed by atoms with E-state index in [2.05, 4.69) is 42.3 Å². The van der Waals surface area contributed by atoms with Crippen LogP contribution >= 0.6 is 12.2 Å². The molecular formula is C30H34N4O4S. The fourth-order valence-corrected chi connectivity index (χ4v) is 3.59. The van der Waals surface area contributed by atoms with Crippen LogP contribution in [-0.4, -0.2) is 28.9 Å². The highest BCUT2D eigenvalue weighted by Crippen LogP contribution is 2.22. The summed E-state index contributed by atoms with van der Waals surface area (Å²) in [7, 11) is 0. The van der Waals surface area contributed by atoms with Gasteiger partial charge in [-0.25, -0.2) is 0 Å². The van der Waals surface area contributed by atoms with Gasteiger partial charge in [-0.1, -0.05) is 45.9 Å². The summed E-state index contributed by atoms with van der Waals surface area (Å²) in [6.45, 7) is 10.3. The number of hydrazine groups is 1. The van der Waals surface area contributed by atoms with E-state index in [1.165, 1.54) is 0 Å². The van der Waals surface area contributed by atoms with Crippen LogP contribution < -0.4 is 26.2 Å². The number of carbonyl (C=O) groups excluding carboxylic acids is 3. The van der Waals surface area contributed by atoms with Gasteiger partial charge < -0.3 is 10.1 Å². The lowest BCUT2D eigenvalue weighted by molar-refractivity contribution is 0.0934. The van der Waals surface area contributed by atoms with Crippen molar-refractivity contribution in [3.63, 3.8) is 0 Å². The topological polar surface area (TPSA) is 109 Å². The molecule has 0 heterocycles. The van der Waals surface area contributed by atoms with Gasteiger partial charge >= 0.3 is 0 Å². The highest BCUT2D eigenvalue weighted by Gasteiger charge is 2.15. The van der Waals surface area contributed by atoms with E-state index < -0.39 is 11.8 Å². The molecule has 3 amide bonds. The SMILES string of the molecule is CCC(C)Oc1cccc(C(=O)NC(=S)NNC(=O)c2ccc(NC(=O)c3ccc(C(C)(C)C)cc3)cc2)c1. The zero-order valence-corrected chi connectivity index (χ0v) is 23.6. The monoisotopic (exact) mass is 546 g/mol. The number of amides is 3. The Morgan fingerprint density at radius 2 is 1.44 bits per heavy atom. The lowest BCUT2D eigenvalue weighted by Crippen LogP contribution is -2.48. The average Bonchev–Trinajstić information content (AvgIpc) is 2.91. The van der Waals surface area contributed by atoms with Gasteiger partial charge in [0.2, 0.25) is 0 Å². The number of rotatable bonds is 7. The number of anilines is 1. The Balaban J connectivity index is 1.49. The molecule has 0 spiro atoms. The Morgan fingerprint density at radius 1 is 0.821 bits per heavy atom. The first-order chi connectivity index (χ1) is 18.5. The number of ether oxygens (including phenoxy) is 1. The molecule has 39 heavy (non-hydrogen) atoms. The summed E-state index contributed by atoms with van der Waals surface area (Å²) in [5.41, 5.74) is 7.90. The van der Waals surface area contributed by atoms with Gasteiger partial charge in [0, 0.05) is 22.4 Å². The van der Waals surface area contributed by atoms with Crippen LogP contribution in [0.25, 0.3) is 0 Å². The Morgan fingerprint density at radius 3 is 2.05 bits per heavy atom. The molecule has 0 saturated heterocycles. The normalized spacial score (nSPS) is 11.6. The molecule has 1 unspecified atom stereocenters. The van der Waals surface area contributed by atoms with Crippen LogP contribution in [0.5, 0.6) is 5.75 Å². The molecule has 0 aliphatic heterocycles. The van der Waals surface area contributed by atoms with Crippen LogP contribution in [0, 0.1) is 0 Å². The van der Waals surface area contributed by atoms with Crippen molar-refractivity contribution in [3.8, 4) is 5.75 Å². The molecule has 3 aromatic carbocycles. The Kier molecular flexibility index (Phi) is 9.78. The summed E-state index contributed by atoms with van der Waals surface area (Å²) < 4.78 is 5.75. The predicted octanol–water partition coefficient (Wildman–Crippen LogP) is 5.36. The maximum absolute atomic E-state index is 12.6. The van der Waals surface area contributed by atoms with Crippen LogP contribution in [0.15, 0.2) is 72.8 Å². The van der Waals surface area contributed by atoms with Gasteiger partial charge in [-0.05, 0) is 91.1 Å². The molecule has 0 fully saturated rings. The average molecular weight is 547 g/mol. The molecule has 3 rings (SSSR count). The second-order valence-corrected chi connectivity index (χ2v) is 10.5. The van der Waals surface area contributed by atoms with Crippen LogP contribution in [0.1, 0.15) is 77.7 Å². The van der Waals surface area contributed by atoms with E-state index in [1.807, 2.05) is 26.0 Å². The zero-order valence-electron chi connectivity index (χ0n) is 22.8. The summed E-state index contributed by atoms with van der Waals surface area (Å²) in [6.07, 6.45) is 0.866. The van der Waals surface area contributed by atoms with Crippen molar-refractivity contribution >= 4 is 40.7 Å². The molecule has 0 aliphatic carbocycles. The molecule has 0 aromatic heterocycles. The lowest BCUT2D eigenvalue weighted by atomic mass is 9.87. The van der Waals surface area contributed by atoms with Crippen molar-refractivity contribution in [2.24, 2.45) is 0 Å². The van der Waals surface area contributed by atoms with Crippen LogP contribution in [-0.2, 0) is 5.41 Å². The third-order valence-electron chi connectivity index (χ3n) is 5.94. The molecular weight excluding hydrogens is 512 g/mol. The van der Waals surface area contributed by atoms with Crippen molar-refractivity contribution < 1.29 is 19.1 Å². The van der Waals surface area contributed by atoms with Crippen molar-refractivity contribution in [1.29, 1.82) is 0 Å². The smallest absolute Gasteiger partial charge is 0.269 e. The second kappa shape index (κ2) is 13.0. The van der Waals surface area contributed by atoms with Crippen LogP contribution in [0.3, 0.4) is 0 Å².